The average Bonchev–Trinajstić information content (AvgIpc) is 2.65. The van der Waals surface area contributed by atoms with E-state index in [4.69, 9.17) is 10.5 Å². The molecule has 0 aliphatic rings. The van der Waals surface area contributed by atoms with Gasteiger partial charge >= 0.3 is 5.97 Å². The molecule has 0 atom stereocenters. The van der Waals surface area contributed by atoms with E-state index in [1.165, 1.54) is 36.0 Å². The van der Waals surface area contributed by atoms with E-state index in [9.17, 15) is 18.8 Å². The van der Waals surface area contributed by atoms with Crippen molar-refractivity contribution in [1.82, 2.24) is 0 Å². The summed E-state index contributed by atoms with van der Waals surface area (Å²) in [6.45, 7) is -0.505. The van der Waals surface area contributed by atoms with Crippen LogP contribution in [0.15, 0.2) is 59.5 Å². The van der Waals surface area contributed by atoms with E-state index in [-0.39, 0.29) is 11.3 Å². The summed E-state index contributed by atoms with van der Waals surface area (Å²) in [5.74, 6) is -2.19. The molecule has 140 valence electrons. The van der Waals surface area contributed by atoms with Gasteiger partial charge in [0.15, 0.2) is 6.61 Å². The molecule has 0 bridgehead atoms. The molecule has 3 N–H and O–H groups in total. The maximum Gasteiger partial charge on any atom is 0.331 e. The molecule has 0 unspecified atom stereocenters. The second-order valence-electron chi connectivity index (χ2n) is 5.26. The van der Waals surface area contributed by atoms with Crippen LogP contribution in [0.3, 0.4) is 0 Å². The molecular weight excluding hydrogens is 371 g/mol. The van der Waals surface area contributed by atoms with Gasteiger partial charge < -0.3 is 15.8 Å². The van der Waals surface area contributed by atoms with Crippen LogP contribution >= 0.6 is 11.8 Å². The van der Waals surface area contributed by atoms with Crippen LogP contribution in [-0.4, -0.2) is 30.1 Å². The van der Waals surface area contributed by atoms with Crippen molar-refractivity contribution in [3.8, 4) is 0 Å². The molecule has 2 aromatic carbocycles. The number of hydrogen-bond acceptors (Lipinski definition) is 5. The zero-order chi connectivity index (χ0) is 19.6. The molecular formula is C19H17FN2O4S. The molecule has 27 heavy (non-hydrogen) atoms. The first-order chi connectivity index (χ1) is 13.0. The molecule has 0 radical (unpaired) electrons. The zero-order valence-electron chi connectivity index (χ0n) is 14.2. The Labute approximate surface area is 159 Å². The number of benzene rings is 2. The molecule has 0 heterocycles. The predicted molar refractivity (Wildman–Crippen MR) is 101 cm³/mol. The monoisotopic (exact) mass is 388 g/mol. The van der Waals surface area contributed by atoms with Crippen LogP contribution < -0.4 is 11.1 Å². The van der Waals surface area contributed by atoms with Gasteiger partial charge in [-0.25, -0.2) is 9.18 Å². The number of esters is 1. The second kappa shape index (κ2) is 10.1. The first kappa shape index (κ1) is 20.2. The lowest BCUT2D eigenvalue weighted by molar-refractivity contribution is -0.142. The van der Waals surface area contributed by atoms with Gasteiger partial charge in [0.05, 0.1) is 11.4 Å². The highest BCUT2D eigenvalue weighted by molar-refractivity contribution is 8.00. The average molecular weight is 388 g/mol. The number of hydrogen-bond donors (Lipinski definition) is 2. The summed E-state index contributed by atoms with van der Waals surface area (Å²) in [4.78, 5) is 35.2. The van der Waals surface area contributed by atoms with Crippen LogP contribution in [0.5, 0.6) is 0 Å². The van der Waals surface area contributed by atoms with Crippen molar-refractivity contribution >= 4 is 41.3 Å². The van der Waals surface area contributed by atoms with Crippen LogP contribution in [0, 0.1) is 5.82 Å². The van der Waals surface area contributed by atoms with E-state index in [2.05, 4.69) is 5.32 Å². The molecule has 0 aliphatic heterocycles. The Morgan fingerprint density at radius 1 is 1.11 bits per heavy atom. The van der Waals surface area contributed by atoms with E-state index >= 15 is 0 Å². The third kappa shape index (κ3) is 6.95. The molecule has 0 fully saturated rings. The van der Waals surface area contributed by atoms with Crippen LogP contribution in [0.4, 0.5) is 10.1 Å². The van der Waals surface area contributed by atoms with E-state index in [1.54, 1.807) is 30.3 Å². The number of carbonyl (C=O) groups excluding carboxylic acids is 3. The van der Waals surface area contributed by atoms with Crippen molar-refractivity contribution < 1.29 is 23.5 Å². The Hall–Kier alpha value is -3.13. The Morgan fingerprint density at radius 3 is 2.56 bits per heavy atom. The number of nitrogens with one attached hydrogen (secondary N) is 1. The highest BCUT2D eigenvalue weighted by Gasteiger charge is 2.10. The summed E-state index contributed by atoms with van der Waals surface area (Å²) in [5, 5.41) is 2.60. The van der Waals surface area contributed by atoms with Crippen LogP contribution in [0.1, 0.15) is 5.56 Å². The summed E-state index contributed by atoms with van der Waals surface area (Å²) in [6.07, 6.45) is 2.31. The molecule has 0 aromatic heterocycles. The minimum atomic E-state index is -0.773. The van der Waals surface area contributed by atoms with E-state index in [1.807, 2.05) is 0 Å². The number of rotatable bonds is 8. The van der Waals surface area contributed by atoms with Crippen molar-refractivity contribution in [3.63, 3.8) is 0 Å². The van der Waals surface area contributed by atoms with Crippen molar-refractivity contribution in [1.29, 1.82) is 0 Å². The lowest BCUT2D eigenvalue weighted by Gasteiger charge is -2.10. The van der Waals surface area contributed by atoms with Gasteiger partial charge in [-0.15, -0.1) is 11.8 Å². The van der Waals surface area contributed by atoms with Gasteiger partial charge in [-0.3, -0.25) is 9.59 Å². The number of ether oxygens (including phenoxy) is 1. The largest absolute Gasteiger partial charge is 0.452 e. The molecule has 6 nitrogen and oxygen atoms in total. The van der Waals surface area contributed by atoms with Crippen molar-refractivity contribution in [2.45, 2.75) is 4.90 Å². The number of amides is 2. The normalized spacial score (nSPS) is 10.6. The lowest BCUT2D eigenvalue weighted by atomic mass is 10.2. The van der Waals surface area contributed by atoms with Crippen molar-refractivity contribution in [2.75, 3.05) is 17.7 Å². The van der Waals surface area contributed by atoms with E-state index < -0.39 is 30.2 Å². The Bertz CT molecular complexity index is 870. The topological polar surface area (TPSA) is 98.5 Å². The quantitative estimate of drug-likeness (QED) is 0.411. The molecule has 2 rings (SSSR count). The highest BCUT2D eigenvalue weighted by atomic mass is 32.2. The molecule has 2 aromatic rings. The van der Waals surface area contributed by atoms with Gasteiger partial charge in [-0.2, -0.15) is 0 Å². The minimum absolute atomic E-state index is 0.0721. The summed E-state index contributed by atoms with van der Waals surface area (Å²) in [6, 6.07) is 12.8. The van der Waals surface area contributed by atoms with Gasteiger partial charge in [0.1, 0.15) is 5.82 Å². The highest BCUT2D eigenvalue weighted by Crippen LogP contribution is 2.26. The molecule has 0 aliphatic carbocycles. The Morgan fingerprint density at radius 2 is 1.81 bits per heavy atom. The number of anilines is 1. The Kier molecular flexibility index (Phi) is 7.57. The summed E-state index contributed by atoms with van der Waals surface area (Å²) >= 11 is 1.18. The first-order valence-electron chi connectivity index (χ1n) is 7.85. The van der Waals surface area contributed by atoms with Crippen molar-refractivity contribution in [2.24, 2.45) is 5.73 Å². The summed E-state index contributed by atoms with van der Waals surface area (Å²) in [7, 11) is 0. The molecule has 0 spiro atoms. The fourth-order valence-electron chi connectivity index (χ4n) is 1.98. The van der Waals surface area contributed by atoms with Gasteiger partial charge in [-0.1, -0.05) is 30.3 Å². The first-order valence-corrected chi connectivity index (χ1v) is 8.83. The fourth-order valence-corrected chi connectivity index (χ4v) is 2.73. The van der Waals surface area contributed by atoms with E-state index in [0.717, 1.165) is 6.08 Å². The smallest absolute Gasteiger partial charge is 0.331 e. The molecule has 2 amide bonds. The number of primary amides is 1. The maximum absolute atomic E-state index is 13.4. The molecule has 0 saturated heterocycles. The fraction of sp³-hybridized carbons (Fsp3) is 0.105. The molecule has 8 heteroatoms. The SMILES string of the molecule is NC(=O)CSc1ccccc1NC(=O)COC(=O)/C=C/c1ccccc1F. The third-order valence-corrected chi connectivity index (χ3v) is 4.28. The van der Waals surface area contributed by atoms with Crippen molar-refractivity contribution in [3.05, 3.63) is 66.0 Å². The number of thioether (sulfide) groups is 1. The van der Waals surface area contributed by atoms with Crippen LogP contribution in [0.25, 0.3) is 6.08 Å². The number of nitrogens with two attached hydrogens (primary N) is 1. The van der Waals surface area contributed by atoms with Gasteiger partial charge in [0.2, 0.25) is 5.91 Å². The number of halogens is 1. The minimum Gasteiger partial charge on any atom is -0.452 e. The number of carbonyl (C=O) groups is 3. The number of para-hydroxylation sites is 1. The summed E-state index contributed by atoms with van der Waals surface area (Å²) < 4.78 is 18.3. The van der Waals surface area contributed by atoms with E-state index in [0.29, 0.717) is 10.6 Å². The maximum atomic E-state index is 13.4. The molecule has 0 saturated carbocycles. The summed E-state index contributed by atoms with van der Waals surface area (Å²) in [5.41, 5.74) is 5.83. The van der Waals surface area contributed by atoms with Crippen LogP contribution in [0.2, 0.25) is 0 Å². The lowest BCUT2D eigenvalue weighted by Crippen LogP contribution is -2.20. The van der Waals surface area contributed by atoms with Gasteiger partial charge in [0.25, 0.3) is 5.91 Å². The standard InChI is InChI=1S/C19H17FN2O4S/c20-14-6-2-1-5-13(14)9-10-19(25)26-11-18(24)22-15-7-3-4-8-16(15)27-12-17(21)23/h1-10H,11-12H2,(H2,21,23)(H,22,24)/b10-9+. The zero-order valence-corrected chi connectivity index (χ0v) is 15.0. The van der Waals surface area contributed by atoms with Gasteiger partial charge in [-0.05, 0) is 24.3 Å². The Balaban J connectivity index is 1.87. The third-order valence-electron chi connectivity index (χ3n) is 3.18. The van der Waals surface area contributed by atoms with Crippen LogP contribution in [-0.2, 0) is 19.1 Å². The van der Waals surface area contributed by atoms with Gasteiger partial charge in [0, 0.05) is 16.5 Å². The second-order valence-corrected chi connectivity index (χ2v) is 6.28. The predicted octanol–water partition coefficient (Wildman–Crippen LogP) is 2.60.